The van der Waals surface area contributed by atoms with Gasteiger partial charge in [0.05, 0.1) is 16.3 Å². The first kappa shape index (κ1) is 14.1. The van der Waals surface area contributed by atoms with E-state index in [1.807, 2.05) is 0 Å². The number of nitrogen functional groups attached to an aromatic ring is 1. The number of rotatable bonds is 4. The molecule has 1 aromatic rings. The van der Waals surface area contributed by atoms with Gasteiger partial charge in [0.2, 0.25) is 0 Å². The second kappa shape index (κ2) is 5.79. The summed E-state index contributed by atoms with van der Waals surface area (Å²) < 4.78 is 28.1. The van der Waals surface area contributed by atoms with Crippen LogP contribution in [-0.2, 0) is 14.6 Å². The molecule has 0 atom stereocenters. The SMILES string of the molecule is CS(=O)(=O)c1ccc(NCC2CCOCC2)c(N)c1. The van der Waals surface area contributed by atoms with Crippen LogP contribution in [0.1, 0.15) is 12.8 Å². The quantitative estimate of drug-likeness (QED) is 0.819. The van der Waals surface area contributed by atoms with Crippen LogP contribution in [0.25, 0.3) is 0 Å². The highest BCUT2D eigenvalue weighted by Crippen LogP contribution is 2.24. The molecule has 0 unspecified atom stereocenters. The molecular weight excluding hydrogens is 264 g/mol. The maximum Gasteiger partial charge on any atom is 0.175 e. The monoisotopic (exact) mass is 284 g/mol. The number of anilines is 2. The highest BCUT2D eigenvalue weighted by atomic mass is 32.2. The van der Waals surface area contributed by atoms with Gasteiger partial charge in [0, 0.05) is 26.0 Å². The Labute approximate surface area is 114 Å². The molecule has 0 bridgehead atoms. The van der Waals surface area contributed by atoms with E-state index in [1.165, 1.54) is 12.3 Å². The van der Waals surface area contributed by atoms with E-state index in [0.29, 0.717) is 11.6 Å². The van der Waals surface area contributed by atoms with Crippen molar-refractivity contribution in [2.75, 3.05) is 37.1 Å². The molecule has 0 amide bonds. The molecule has 0 spiro atoms. The van der Waals surface area contributed by atoms with Crippen molar-refractivity contribution in [3.8, 4) is 0 Å². The second-order valence-corrected chi connectivity index (χ2v) is 6.97. The van der Waals surface area contributed by atoms with E-state index in [0.717, 1.165) is 38.3 Å². The average molecular weight is 284 g/mol. The largest absolute Gasteiger partial charge is 0.397 e. The topological polar surface area (TPSA) is 81.4 Å². The van der Waals surface area contributed by atoms with Gasteiger partial charge in [-0.15, -0.1) is 0 Å². The summed E-state index contributed by atoms with van der Waals surface area (Å²) in [6.45, 7) is 2.47. The van der Waals surface area contributed by atoms with Gasteiger partial charge in [-0.25, -0.2) is 8.42 Å². The van der Waals surface area contributed by atoms with Crippen molar-refractivity contribution in [1.29, 1.82) is 0 Å². The van der Waals surface area contributed by atoms with Crippen LogP contribution in [0.5, 0.6) is 0 Å². The predicted molar refractivity (Wildman–Crippen MR) is 76.0 cm³/mol. The van der Waals surface area contributed by atoms with Gasteiger partial charge in [-0.1, -0.05) is 0 Å². The van der Waals surface area contributed by atoms with Gasteiger partial charge in [0.1, 0.15) is 0 Å². The van der Waals surface area contributed by atoms with E-state index in [-0.39, 0.29) is 4.90 Å². The number of hydrogen-bond acceptors (Lipinski definition) is 5. The van der Waals surface area contributed by atoms with Crippen LogP contribution in [0.4, 0.5) is 11.4 Å². The summed E-state index contributed by atoms with van der Waals surface area (Å²) in [5.74, 6) is 0.586. The van der Waals surface area contributed by atoms with Gasteiger partial charge in [-0.3, -0.25) is 0 Å². The fourth-order valence-corrected chi connectivity index (χ4v) is 2.79. The van der Waals surface area contributed by atoms with E-state index in [2.05, 4.69) is 5.32 Å². The molecule has 1 aliphatic rings. The molecule has 6 heteroatoms. The Bertz CT molecular complexity index is 537. The lowest BCUT2D eigenvalue weighted by Crippen LogP contribution is -2.22. The fraction of sp³-hybridized carbons (Fsp3) is 0.538. The molecule has 2 rings (SSSR count). The van der Waals surface area contributed by atoms with E-state index in [1.54, 1.807) is 12.1 Å². The van der Waals surface area contributed by atoms with Gasteiger partial charge < -0.3 is 15.8 Å². The Hall–Kier alpha value is -1.27. The van der Waals surface area contributed by atoms with E-state index >= 15 is 0 Å². The Morgan fingerprint density at radius 1 is 1.37 bits per heavy atom. The molecule has 0 aliphatic carbocycles. The second-order valence-electron chi connectivity index (χ2n) is 4.96. The number of benzene rings is 1. The fourth-order valence-electron chi connectivity index (χ4n) is 2.14. The number of nitrogens with two attached hydrogens (primary N) is 1. The Balaban J connectivity index is 2.01. The van der Waals surface area contributed by atoms with Crippen LogP contribution in [0.3, 0.4) is 0 Å². The summed E-state index contributed by atoms with van der Waals surface area (Å²) >= 11 is 0. The van der Waals surface area contributed by atoms with Crippen LogP contribution in [0, 0.1) is 5.92 Å². The minimum absolute atomic E-state index is 0.251. The summed E-state index contributed by atoms with van der Waals surface area (Å²) in [6, 6.07) is 4.81. The minimum Gasteiger partial charge on any atom is -0.397 e. The molecule has 1 aromatic carbocycles. The highest BCUT2D eigenvalue weighted by molar-refractivity contribution is 7.90. The molecular formula is C13H20N2O3S. The summed E-state index contributed by atoms with van der Waals surface area (Å²) in [5, 5.41) is 3.29. The molecule has 3 N–H and O–H groups in total. The normalized spacial score (nSPS) is 17.3. The first-order valence-electron chi connectivity index (χ1n) is 6.38. The summed E-state index contributed by atoms with van der Waals surface area (Å²) in [5.41, 5.74) is 7.14. The van der Waals surface area contributed by atoms with Crippen molar-refractivity contribution < 1.29 is 13.2 Å². The lowest BCUT2D eigenvalue weighted by molar-refractivity contribution is 0.0699. The summed E-state index contributed by atoms with van der Waals surface area (Å²) in [6.07, 6.45) is 3.28. The molecule has 1 aliphatic heterocycles. The van der Waals surface area contributed by atoms with Crippen molar-refractivity contribution in [1.82, 2.24) is 0 Å². The third-order valence-corrected chi connectivity index (χ3v) is 4.48. The minimum atomic E-state index is -3.20. The Morgan fingerprint density at radius 3 is 2.63 bits per heavy atom. The van der Waals surface area contributed by atoms with Gasteiger partial charge in [0.15, 0.2) is 9.84 Å². The molecule has 0 saturated carbocycles. The number of sulfone groups is 1. The van der Waals surface area contributed by atoms with Crippen molar-refractivity contribution in [2.24, 2.45) is 5.92 Å². The smallest absolute Gasteiger partial charge is 0.175 e. The molecule has 0 radical (unpaired) electrons. The zero-order valence-electron chi connectivity index (χ0n) is 11.1. The number of nitrogens with one attached hydrogen (secondary N) is 1. The molecule has 5 nitrogen and oxygen atoms in total. The standard InChI is InChI=1S/C13H20N2O3S/c1-19(16,17)11-2-3-13(12(14)8-11)15-9-10-4-6-18-7-5-10/h2-3,8,10,15H,4-7,9,14H2,1H3. The van der Waals surface area contributed by atoms with E-state index in [9.17, 15) is 8.42 Å². The molecule has 1 fully saturated rings. The van der Waals surface area contributed by atoms with Gasteiger partial charge in [-0.2, -0.15) is 0 Å². The highest BCUT2D eigenvalue weighted by Gasteiger charge is 2.14. The van der Waals surface area contributed by atoms with Gasteiger partial charge in [-0.05, 0) is 37.0 Å². The van der Waals surface area contributed by atoms with Crippen molar-refractivity contribution in [3.63, 3.8) is 0 Å². The zero-order chi connectivity index (χ0) is 13.9. The van der Waals surface area contributed by atoms with Crippen molar-refractivity contribution in [2.45, 2.75) is 17.7 Å². The summed E-state index contributed by atoms with van der Waals surface area (Å²) in [7, 11) is -3.20. The lowest BCUT2D eigenvalue weighted by Gasteiger charge is -2.23. The molecule has 19 heavy (non-hydrogen) atoms. The number of ether oxygens (including phenoxy) is 1. The van der Waals surface area contributed by atoms with Crippen LogP contribution < -0.4 is 11.1 Å². The number of hydrogen-bond donors (Lipinski definition) is 2. The molecule has 1 saturated heterocycles. The van der Waals surface area contributed by atoms with Crippen LogP contribution in [-0.4, -0.2) is 34.4 Å². The van der Waals surface area contributed by atoms with Crippen LogP contribution >= 0.6 is 0 Å². The van der Waals surface area contributed by atoms with Crippen molar-refractivity contribution >= 4 is 21.2 Å². The lowest BCUT2D eigenvalue weighted by atomic mass is 10.0. The van der Waals surface area contributed by atoms with E-state index < -0.39 is 9.84 Å². The Morgan fingerprint density at radius 2 is 2.05 bits per heavy atom. The van der Waals surface area contributed by atoms with Gasteiger partial charge in [0.25, 0.3) is 0 Å². The molecule has 1 heterocycles. The first-order valence-corrected chi connectivity index (χ1v) is 8.27. The first-order chi connectivity index (χ1) is 8.97. The maximum atomic E-state index is 11.4. The van der Waals surface area contributed by atoms with E-state index in [4.69, 9.17) is 10.5 Å². The molecule has 106 valence electrons. The maximum absolute atomic E-state index is 11.4. The third kappa shape index (κ3) is 3.84. The predicted octanol–water partition coefficient (Wildman–Crippen LogP) is 1.51. The van der Waals surface area contributed by atoms with Crippen molar-refractivity contribution in [3.05, 3.63) is 18.2 Å². The van der Waals surface area contributed by atoms with Crippen LogP contribution in [0.2, 0.25) is 0 Å². The Kier molecular flexibility index (Phi) is 4.31. The average Bonchev–Trinajstić information content (AvgIpc) is 2.37. The molecule has 0 aromatic heterocycles. The zero-order valence-corrected chi connectivity index (χ0v) is 11.9. The van der Waals surface area contributed by atoms with Gasteiger partial charge >= 0.3 is 0 Å². The third-order valence-electron chi connectivity index (χ3n) is 3.37. The summed E-state index contributed by atoms with van der Waals surface area (Å²) in [4.78, 5) is 0.251. The van der Waals surface area contributed by atoms with Crippen LogP contribution in [0.15, 0.2) is 23.1 Å².